The second-order valence-electron chi connectivity index (χ2n) is 10.4. The molecule has 1 saturated carbocycles. The molecule has 0 saturated heterocycles. The lowest BCUT2D eigenvalue weighted by atomic mass is 10.1. The third-order valence-electron chi connectivity index (χ3n) is 7.60. The Morgan fingerprint density at radius 3 is 2.18 bits per heavy atom. The van der Waals surface area contributed by atoms with Crippen molar-refractivity contribution in [1.82, 2.24) is 10.2 Å². The van der Waals surface area contributed by atoms with Gasteiger partial charge in [-0.25, -0.2) is 12.8 Å². The lowest BCUT2D eigenvalue weighted by Crippen LogP contribution is -2.52. The summed E-state index contributed by atoms with van der Waals surface area (Å²) in [5, 5.41) is 3.57. The van der Waals surface area contributed by atoms with Gasteiger partial charge in [-0.3, -0.25) is 13.9 Å². The highest BCUT2D eigenvalue weighted by Gasteiger charge is 2.34. The van der Waals surface area contributed by atoms with Crippen molar-refractivity contribution in [2.24, 2.45) is 0 Å². The predicted molar refractivity (Wildman–Crippen MR) is 167 cm³/mol. The molecule has 0 aromatic heterocycles. The number of nitrogens with one attached hydrogen (secondary N) is 1. The lowest BCUT2D eigenvalue weighted by Gasteiger charge is -2.33. The van der Waals surface area contributed by atoms with Crippen LogP contribution in [0, 0.1) is 5.82 Å². The van der Waals surface area contributed by atoms with Gasteiger partial charge in [0, 0.05) is 34.3 Å². The fraction of sp³-hybridized carbons (Fsp3) is 0.355. The molecule has 9 nitrogen and oxygen atoms in total. The van der Waals surface area contributed by atoms with Crippen LogP contribution >= 0.6 is 23.2 Å². The van der Waals surface area contributed by atoms with Gasteiger partial charge in [0.25, 0.3) is 10.0 Å². The van der Waals surface area contributed by atoms with Crippen molar-refractivity contribution in [3.8, 4) is 11.5 Å². The smallest absolute Gasteiger partial charge is 0.264 e. The quantitative estimate of drug-likeness (QED) is 0.261. The van der Waals surface area contributed by atoms with Gasteiger partial charge in [-0.1, -0.05) is 42.1 Å². The van der Waals surface area contributed by atoms with Crippen molar-refractivity contribution in [3.05, 3.63) is 82.1 Å². The van der Waals surface area contributed by atoms with Crippen molar-refractivity contribution < 1.29 is 31.9 Å². The van der Waals surface area contributed by atoms with Gasteiger partial charge in [0.1, 0.15) is 18.4 Å². The molecule has 3 aromatic carbocycles. The molecule has 0 heterocycles. The first-order valence-corrected chi connectivity index (χ1v) is 16.2. The maximum absolute atomic E-state index is 14.1. The highest BCUT2D eigenvalue weighted by molar-refractivity contribution is 7.92. The molecule has 4 rings (SSSR count). The summed E-state index contributed by atoms with van der Waals surface area (Å²) in [5.74, 6) is -1.21. The van der Waals surface area contributed by atoms with Gasteiger partial charge < -0.3 is 19.7 Å². The minimum absolute atomic E-state index is 0.00746. The van der Waals surface area contributed by atoms with E-state index in [1.54, 1.807) is 25.1 Å². The number of amides is 2. The van der Waals surface area contributed by atoms with Crippen LogP contribution in [0.5, 0.6) is 11.5 Å². The van der Waals surface area contributed by atoms with Crippen molar-refractivity contribution in [1.29, 1.82) is 0 Å². The number of methoxy groups -OCH3 is 2. The maximum atomic E-state index is 14.1. The molecule has 1 aliphatic rings. The Hall–Kier alpha value is -3.54. The molecule has 3 aromatic rings. The zero-order valence-electron chi connectivity index (χ0n) is 24.6. The molecule has 0 bridgehead atoms. The molecule has 0 aliphatic heterocycles. The number of carbonyl (C=O) groups excluding carboxylic acids is 2. The maximum Gasteiger partial charge on any atom is 0.264 e. The van der Waals surface area contributed by atoms with Crippen LogP contribution in [0.1, 0.15) is 38.2 Å². The average molecular weight is 667 g/mol. The van der Waals surface area contributed by atoms with Gasteiger partial charge in [0.15, 0.2) is 11.5 Å². The van der Waals surface area contributed by atoms with Crippen LogP contribution in [-0.4, -0.2) is 58.0 Å². The summed E-state index contributed by atoms with van der Waals surface area (Å²) < 4.78 is 53.4. The van der Waals surface area contributed by atoms with E-state index >= 15 is 0 Å². The summed E-state index contributed by atoms with van der Waals surface area (Å²) in [4.78, 5) is 28.6. The zero-order valence-corrected chi connectivity index (χ0v) is 26.9. The first-order chi connectivity index (χ1) is 21.0. The minimum atomic E-state index is -4.43. The molecular weight excluding hydrogens is 632 g/mol. The molecule has 0 spiro atoms. The van der Waals surface area contributed by atoms with Crippen LogP contribution in [0.15, 0.2) is 65.6 Å². The second kappa shape index (κ2) is 14.5. The third-order valence-corrected chi connectivity index (χ3v) is 10.1. The number of anilines is 1. The molecular formula is C31H34Cl2FN3O6S. The molecule has 0 radical (unpaired) electrons. The van der Waals surface area contributed by atoms with E-state index in [1.165, 1.54) is 49.5 Å². The molecule has 0 unspecified atom stereocenters. The van der Waals surface area contributed by atoms with Crippen LogP contribution < -0.4 is 19.1 Å². The van der Waals surface area contributed by atoms with E-state index in [9.17, 15) is 22.4 Å². The number of ether oxygens (including phenoxy) is 2. The Labute approximate surface area is 266 Å². The van der Waals surface area contributed by atoms with E-state index in [2.05, 4.69) is 5.32 Å². The predicted octanol–water partition coefficient (Wildman–Crippen LogP) is 5.82. The summed E-state index contributed by atoms with van der Waals surface area (Å²) in [6, 6.07) is 12.6. The van der Waals surface area contributed by atoms with Gasteiger partial charge in [-0.05, 0) is 68.3 Å². The number of hydrogen-bond donors (Lipinski definition) is 1. The number of carbonyl (C=O) groups is 2. The van der Waals surface area contributed by atoms with Crippen molar-refractivity contribution in [3.63, 3.8) is 0 Å². The normalized spacial score (nSPS) is 14.1. The topological polar surface area (TPSA) is 105 Å². The van der Waals surface area contributed by atoms with Crippen molar-refractivity contribution >= 4 is 50.7 Å². The Morgan fingerprint density at radius 2 is 1.59 bits per heavy atom. The van der Waals surface area contributed by atoms with Crippen LogP contribution in [0.25, 0.3) is 0 Å². The standard InChI is InChI=1S/C31H34Cl2FN3O6S/c1-20(31(39)35-22-7-4-5-8-22)36(18-25-26(32)9-6-10-27(25)33)30(38)19-37(23-13-11-21(34)12-14-23)44(40,41)24-15-16-28(42-2)29(17-24)43-3/h6,9-17,20,22H,4-5,7-8,18-19H2,1-3H3,(H,35,39)/t20-/m1/s1. The van der Waals surface area contributed by atoms with E-state index in [0.717, 1.165) is 42.1 Å². The third kappa shape index (κ3) is 7.57. The van der Waals surface area contributed by atoms with Gasteiger partial charge in [0.05, 0.1) is 24.8 Å². The fourth-order valence-corrected chi connectivity index (χ4v) is 7.02. The average Bonchev–Trinajstić information content (AvgIpc) is 3.52. The molecule has 236 valence electrons. The van der Waals surface area contributed by atoms with Crippen molar-refractivity contribution in [2.75, 3.05) is 25.1 Å². The van der Waals surface area contributed by atoms with E-state index < -0.39 is 34.3 Å². The monoisotopic (exact) mass is 665 g/mol. The van der Waals surface area contributed by atoms with E-state index in [0.29, 0.717) is 11.3 Å². The van der Waals surface area contributed by atoms with Crippen LogP contribution in [0.2, 0.25) is 10.0 Å². The highest BCUT2D eigenvalue weighted by atomic mass is 35.5. The highest BCUT2D eigenvalue weighted by Crippen LogP contribution is 2.33. The van der Waals surface area contributed by atoms with Gasteiger partial charge >= 0.3 is 0 Å². The van der Waals surface area contributed by atoms with Gasteiger partial charge in [-0.15, -0.1) is 0 Å². The molecule has 1 atom stereocenters. The second-order valence-corrected chi connectivity index (χ2v) is 13.1. The van der Waals surface area contributed by atoms with E-state index in [4.69, 9.17) is 32.7 Å². The molecule has 13 heteroatoms. The summed E-state index contributed by atoms with van der Waals surface area (Å²) in [5.41, 5.74) is 0.439. The first kappa shape index (κ1) is 33.4. The fourth-order valence-electron chi connectivity index (χ4n) is 5.07. The summed E-state index contributed by atoms with van der Waals surface area (Å²) in [7, 11) is -1.65. The van der Waals surface area contributed by atoms with Crippen LogP contribution in [0.3, 0.4) is 0 Å². The Balaban J connectivity index is 1.74. The van der Waals surface area contributed by atoms with Crippen LogP contribution in [-0.2, 0) is 26.2 Å². The number of halogens is 3. The lowest BCUT2D eigenvalue weighted by molar-refractivity contribution is -0.139. The molecule has 1 N–H and O–H groups in total. The number of nitrogens with zero attached hydrogens (tertiary/aromatic N) is 2. The molecule has 44 heavy (non-hydrogen) atoms. The zero-order chi connectivity index (χ0) is 32.0. The number of benzene rings is 3. The number of rotatable bonds is 12. The Kier molecular flexibility index (Phi) is 11.0. The van der Waals surface area contributed by atoms with Crippen molar-refractivity contribution in [2.45, 2.75) is 56.1 Å². The number of sulfonamides is 1. The Morgan fingerprint density at radius 1 is 0.977 bits per heavy atom. The SMILES string of the molecule is COc1ccc(S(=O)(=O)N(CC(=O)N(Cc2c(Cl)cccc2Cl)[C@H](C)C(=O)NC2CCCC2)c2ccc(F)cc2)cc1OC. The summed E-state index contributed by atoms with van der Waals surface area (Å²) in [6.45, 7) is 0.688. The van der Waals surface area contributed by atoms with E-state index in [-0.39, 0.29) is 44.9 Å². The molecule has 1 fully saturated rings. The van der Waals surface area contributed by atoms with Crippen LogP contribution in [0.4, 0.5) is 10.1 Å². The van der Waals surface area contributed by atoms with Gasteiger partial charge in [-0.2, -0.15) is 0 Å². The first-order valence-electron chi connectivity index (χ1n) is 14.0. The minimum Gasteiger partial charge on any atom is -0.493 e. The summed E-state index contributed by atoms with van der Waals surface area (Å²) in [6.07, 6.45) is 3.67. The Bertz CT molecular complexity index is 1580. The summed E-state index contributed by atoms with van der Waals surface area (Å²) >= 11 is 12.9. The number of hydrogen-bond acceptors (Lipinski definition) is 6. The largest absolute Gasteiger partial charge is 0.493 e. The molecule has 2 amide bonds. The van der Waals surface area contributed by atoms with Gasteiger partial charge in [0.2, 0.25) is 11.8 Å². The van der Waals surface area contributed by atoms with E-state index in [1.807, 2.05) is 0 Å². The molecule has 1 aliphatic carbocycles.